The van der Waals surface area contributed by atoms with E-state index in [1.54, 1.807) is 12.1 Å². The summed E-state index contributed by atoms with van der Waals surface area (Å²) < 4.78 is 15.0. The van der Waals surface area contributed by atoms with Gasteiger partial charge in [-0.1, -0.05) is 18.2 Å². The van der Waals surface area contributed by atoms with Gasteiger partial charge in [0.05, 0.1) is 10.9 Å². The topological polar surface area (TPSA) is 64.0 Å². The molecule has 0 saturated carbocycles. The molecule has 5 nitrogen and oxygen atoms in total. The number of hydrogen-bond acceptors (Lipinski definition) is 3. The molecule has 3 rings (SSSR count). The van der Waals surface area contributed by atoms with Gasteiger partial charge in [-0.3, -0.25) is 14.3 Å². The third-order valence-corrected chi connectivity index (χ3v) is 3.82. The highest BCUT2D eigenvalue weighted by atomic mass is 19.1. The summed E-state index contributed by atoms with van der Waals surface area (Å²) in [6, 6.07) is 11.1. The molecule has 2 aromatic carbocycles. The first-order valence-corrected chi connectivity index (χ1v) is 7.58. The normalized spacial score (nSPS) is 10.8. The third-order valence-electron chi connectivity index (χ3n) is 3.82. The number of carbonyl (C=O) groups is 1. The molecular formula is C18H16FN3O2. The molecule has 0 saturated heterocycles. The Morgan fingerprint density at radius 2 is 2.00 bits per heavy atom. The van der Waals surface area contributed by atoms with E-state index in [2.05, 4.69) is 10.4 Å². The van der Waals surface area contributed by atoms with Crippen molar-refractivity contribution in [2.75, 3.05) is 5.32 Å². The van der Waals surface area contributed by atoms with Crippen LogP contribution < -0.4 is 10.7 Å². The fraction of sp³-hybridized carbons (Fsp3) is 0.167. The Morgan fingerprint density at radius 1 is 1.25 bits per heavy atom. The number of hydrogen-bond donors (Lipinski definition) is 1. The first-order valence-electron chi connectivity index (χ1n) is 7.58. The second-order valence-corrected chi connectivity index (χ2v) is 5.42. The predicted octanol–water partition coefficient (Wildman–Crippen LogP) is 3.12. The molecule has 24 heavy (non-hydrogen) atoms. The zero-order valence-corrected chi connectivity index (χ0v) is 13.3. The molecule has 0 atom stereocenters. The van der Waals surface area contributed by atoms with Gasteiger partial charge in [-0.2, -0.15) is 5.10 Å². The predicted molar refractivity (Wildman–Crippen MR) is 90.8 cm³/mol. The lowest BCUT2D eigenvalue weighted by molar-refractivity contribution is 0.101. The van der Waals surface area contributed by atoms with E-state index in [9.17, 15) is 14.0 Å². The third kappa shape index (κ3) is 2.78. The van der Waals surface area contributed by atoms with Crippen LogP contribution in [0.3, 0.4) is 0 Å². The first kappa shape index (κ1) is 15.9. The van der Waals surface area contributed by atoms with Crippen LogP contribution in [-0.2, 0) is 6.54 Å². The van der Waals surface area contributed by atoms with Crippen LogP contribution in [0.1, 0.15) is 23.0 Å². The van der Waals surface area contributed by atoms with Gasteiger partial charge in [-0.15, -0.1) is 0 Å². The minimum Gasteiger partial charge on any atom is -0.320 e. The molecular weight excluding hydrogens is 309 g/mol. The average molecular weight is 325 g/mol. The first-order chi connectivity index (χ1) is 11.5. The van der Waals surface area contributed by atoms with E-state index in [4.69, 9.17) is 0 Å². The van der Waals surface area contributed by atoms with Crippen LogP contribution in [0.2, 0.25) is 0 Å². The second-order valence-electron chi connectivity index (χ2n) is 5.42. The molecule has 122 valence electrons. The lowest BCUT2D eigenvalue weighted by atomic mass is 10.1. The van der Waals surface area contributed by atoms with Crippen LogP contribution in [0, 0.1) is 12.7 Å². The minimum atomic E-state index is -0.609. The summed E-state index contributed by atoms with van der Waals surface area (Å²) in [5.41, 5.74) is 1.13. The van der Waals surface area contributed by atoms with Gasteiger partial charge in [-0.05, 0) is 43.7 Å². The minimum absolute atomic E-state index is 0.141. The maximum atomic E-state index is 13.5. The summed E-state index contributed by atoms with van der Waals surface area (Å²) in [4.78, 5) is 25.1. The van der Waals surface area contributed by atoms with Crippen molar-refractivity contribution in [1.29, 1.82) is 0 Å². The van der Waals surface area contributed by atoms with Crippen LogP contribution >= 0.6 is 0 Å². The van der Waals surface area contributed by atoms with E-state index in [1.165, 1.54) is 16.8 Å². The van der Waals surface area contributed by atoms with Crippen LogP contribution in [-0.4, -0.2) is 15.7 Å². The molecule has 0 aliphatic heterocycles. The Hall–Kier alpha value is -3.02. The average Bonchev–Trinajstić information content (AvgIpc) is 2.57. The van der Waals surface area contributed by atoms with Gasteiger partial charge in [0.25, 0.3) is 5.91 Å². The largest absolute Gasteiger partial charge is 0.320 e. The Kier molecular flexibility index (Phi) is 4.12. The number of nitrogens with one attached hydrogen (secondary N) is 1. The fourth-order valence-electron chi connectivity index (χ4n) is 2.55. The quantitative estimate of drug-likeness (QED) is 0.805. The Morgan fingerprint density at radius 3 is 2.71 bits per heavy atom. The number of rotatable bonds is 3. The summed E-state index contributed by atoms with van der Waals surface area (Å²) in [5.74, 6) is -1.14. The van der Waals surface area contributed by atoms with Gasteiger partial charge in [0, 0.05) is 12.2 Å². The summed E-state index contributed by atoms with van der Waals surface area (Å²) in [5, 5.41) is 6.97. The number of aryl methyl sites for hydroxylation is 2. The molecule has 0 spiro atoms. The van der Waals surface area contributed by atoms with Crippen molar-refractivity contribution in [2.45, 2.75) is 20.4 Å². The van der Waals surface area contributed by atoms with E-state index in [1.807, 2.05) is 26.0 Å². The number of nitrogens with zero attached hydrogens (tertiary/aromatic N) is 2. The van der Waals surface area contributed by atoms with E-state index in [0.717, 1.165) is 11.6 Å². The van der Waals surface area contributed by atoms with E-state index in [0.29, 0.717) is 17.7 Å². The van der Waals surface area contributed by atoms with Crippen molar-refractivity contribution in [2.24, 2.45) is 0 Å². The van der Waals surface area contributed by atoms with Crippen LogP contribution in [0.25, 0.3) is 10.9 Å². The fourth-order valence-corrected chi connectivity index (χ4v) is 2.55. The molecule has 0 unspecified atom stereocenters. The van der Waals surface area contributed by atoms with Gasteiger partial charge in [0.15, 0.2) is 5.69 Å². The van der Waals surface area contributed by atoms with Gasteiger partial charge in [0.2, 0.25) is 5.43 Å². The van der Waals surface area contributed by atoms with Crippen LogP contribution in [0.4, 0.5) is 10.1 Å². The summed E-state index contributed by atoms with van der Waals surface area (Å²) in [6.45, 7) is 4.14. The molecule has 0 aliphatic rings. The van der Waals surface area contributed by atoms with Crippen molar-refractivity contribution in [3.63, 3.8) is 0 Å². The Labute approximate surface area is 137 Å². The number of halogens is 1. The van der Waals surface area contributed by atoms with Crippen molar-refractivity contribution in [3.8, 4) is 0 Å². The summed E-state index contributed by atoms with van der Waals surface area (Å²) >= 11 is 0. The number of amides is 1. The van der Waals surface area contributed by atoms with Crippen molar-refractivity contribution >= 4 is 22.5 Å². The monoisotopic (exact) mass is 325 g/mol. The van der Waals surface area contributed by atoms with Crippen LogP contribution in [0.5, 0.6) is 0 Å². The van der Waals surface area contributed by atoms with Crippen molar-refractivity contribution < 1.29 is 9.18 Å². The van der Waals surface area contributed by atoms with Crippen molar-refractivity contribution in [1.82, 2.24) is 9.78 Å². The highest BCUT2D eigenvalue weighted by molar-refractivity contribution is 6.04. The van der Waals surface area contributed by atoms with Gasteiger partial charge < -0.3 is 5.32 Å². The number of fused-ring (bicyclic) bond motifs is 1. The van der Waals surface area contributed by atoms with E-state index in [-0.39, 0.29) is 11.1 Å². The standard InChI is InChI=1S/C18H16FN3O2/c1-3-22-15-9-8-12(19)10-13(15)17(23)16(21-22)18(24)20-14-7-5-4-6-11(14)2/h4-10H,3H2,1-2H3,(H,20,24). The molecule has 3 aromatic rings. The number of carbonyl (C=O) groups excluding carboxylic acids is 1. The number of anilines is 1. The lowest BCUT2D eigenvalue weighted by Crippen LogP contribution is -2.27. The second kappa shape index (κ2) is 6.23. The van der Waals surface area contributed by atoms with Gasteiger partial charge in [0.1, 0.15) is 5.82 Å². The zero-order valence-electron chi connectivity index (χ0n) is 13.3. The van der Waals surface area contributed by atoms with Crippen LogP contribution in [0.15, 0.2) is 47.3 Å². The Balaban J connectivity index is 2.12. The number of aromatic nitrogens is 2. The smallest absolute Gasteiger partial charge is 0.280 e. The summed E-state index contributed by atoms with van der Waals surface area (Å²) in [7, 11) is 0. The molecule has 1 N–H and O–H groups in total. The van der Waals surface area contributed by atoms with E-state index >= 15 is 0 Å². The molecule has 0 radical (unpaired) electrons. The molecule has 0 aliphatic carbocycles. The van der Waals surface area contributed by atoms with E-state index < -0.39 is 17.2 Å². The molecule has 1 aromatic heterocycles. The molecule has 1 heterocycles. The zero-order chi connectivity index (χ0) is 17.3. The van der Waals surface area contributed by atoms with Gasteiger partial charge >= 0.3 is 0 Å². The molecule has 0 bridgehead atoms. The maximum Gasteiger partial charge on any atom is 0.280 e. The lowest BCUT2D eigenvalue weighted by Gasteiger charge is -2.11. The molecule has 6 heteroatoms. The Bertz CT molecular complexity index is 995. The van der Waals surface area contributed by atoms with Crippen molar-refractivity contribution in [3.05, 3.63) is 69.8 Å². The maximum absolute atomic E-state index is 13.5. The highest BCUT2D eigenvalue weighted by Gasteiger charge is 2.18. The SMILES string of the molecule is CCn1nc(C(=O)Nc2ccccc2C)c(=O)c2cc(F)ccc21. The molecule has 0 fully saturated rings. The number of para-hydroxylation sites is 1. The molecule has 1 amide bonds. The summed E-state index contributed by atoms with van der Waals surface area (Å²) in [6.07, 6.45) is 0. The number of benzene rings is 2. The highest BCUT2D eigenvalue weighted by Crippen LogP contribution is 2.15. The van der Waals surface area contributed by atoms with Gasteiger partial charge in [-0.25, -0.2) is 4.39 Å².